The highest BCUT2D eigenvalue weighted by Crippen LogP contribution is 2.30. The van der Waals surface area contributed by atoms with Crippen LogP contribution in [0, 0.1) is 0 Å². The third-order valence-electron chi connectivity index (χ3n) is 6.96. The Hall–Kier alpha value is -4.96. The van der Waals surface area contributed by atoms with E-state index < -0.39 is 0 Å². The fourth-order valence-electron chi connectivity index (χ4n) is 5.24. The van der Waals surface area contributed by atoms with Gasteiger partial charge in [0, 0.05) is 54.8 Å². The van der Waals surface area contributed by atoms with E-state index >= 15 is 0 Å². The Kier molecular flexibility index (Phi) is 4.42. The number of H-pyrrole nitrogens is 2. The van der Waals surface area contributed by atoms with E-state index in [9.17, 15) is 9.59 Å². The van der Waals surface area contributed by atoms with Gasteiger partial charge in [-0.1, -0.05) is 78.9 Å². The Morgan fingerprint density at radius 3 is 1.36 bits per heavy atom. The van der Waals surface area contributed by atoms with Crippen molar-refractivity contribution in [1.82, 2.24) is 9.97 Å². The molecule has 0 saturated carbocycles. The van der Waals surface area contributed by atoms with Crippen LogP contribution in [0.15, 0.2) is 109 Å². The third-order valence-corrected chi connectivity index (χ3v) is 6.96. The number of aromatic amines is 2. The fraction of sp³-hybridized carbons (Fsp3) is 0. The molecule has 4 nitrogen and oxygen atoms in total. The van der Waals surface area contributed by atoms with Gasteiger partial charge in [0.15, 0.2) is 11.6 Å². The molecule has 4 heteroatoms. The summed E-state index contributed by atoms with van der Waals surface area (Å²) in [7, 11) is 0. The number of para-hydroxylation sites is 4. The molecule has 0 fully saturated rings. The fourth-order valence-corrected chi connectivity index (χ4v) is 5.24. The third kappa shape index (κ3) is 3.01. The van der Waals surface area contributed by atoms with Crippen LogP contribution < -0.4 is 0 Å². The maximum atomic E-state index is 13.6. The van der Waals surface area contributed by atoms with E-state index in [1.807, 2.05) is 84.9 Å². The Balaban J connectivity index is 1.32. The quantitative estimate of drug-likeness (QED) is 0.266. The summed E-state index contributed by atoms with van der Waals surface area (Å²) in [6.07, 6.45) is 0. The number of rotatable bonds is 4. The highest BCUT2D eigenvalue weighted by Gasteiger charge is 2.19. The minimum Gasteiger partial charge on any atom is -0.354 e. The normalized spacial score (nSPS) is 11.6. The van der Waals surface area contributed by atoms with Gasteiger partial charge < -0.3 is 9.97 Å². The average molecular weight is 465 g/mol. The highest BCUT2D eigenvalue weighted by molar-refractivity contribution is 6.22. The van der Waals surface area contributed by atoms with Crippen LogP contribution in [-0.4, -0.2) is 21.5 Å². The molecule has 0 bridgehead atoms. The number of nitrogens with one attached hydrogen (secondary N) is 2. The molecule has 0 unspecified atom stereocenters. The number of hydrogen-bond acceptors (Lipinski definition) is 2. The molecule has 0 aliphatic carbocycles. The second-order valence-electron chi connectivity index (χ2n) is 9.04. The molecular weight excluding hydrogens is 444 g/mol. The number of fused-ring (bicyclic) bond motifs is 6. The maximum Gasteiger partial charge on any atom is 0.195 e. The molecule has 0 atom stereocenters. The first-order chi connectivity index (χ1) is 17.7. The van der Waals surface area contributed by atoms with Crippen LogP contribution >= 0.6 is 0 Å². The minimum atomic E-state index is -0.120. The lowest BCUT2D eigenvalue weighted by molar-refractivity contribution is 0.103. The van der Waals surface area contributed by atoms with Crippen molar-refractivity contribution in [2.75, 3.05) is 0 Å². The van der Waals surface area contributed by atoms with Crippen LogP contribution in [-0.2, 0) is 0 Å². The molecule has 5 aromatic carbocycles. The van der Waals surface area contributed by atoms with E-state index in [0.29, 0.717) is 22.3 Å². The number of benzene rings is 5. The van der Waals surface area contributed by atoms with Crippen molar-refractivity contribution in [2.45, 2.75) is 0 Å². The first kappa shape index (κ1) is 20.4. The average Bonchev–Trinajstić information content (AvgIpc) is 3.51. The van der Waals surface area contributed by atoms with Crippen LogP contribution in [0.3, 0.4) is 0 Å². The summed E-state index contributed by atoms with van der Waals surface area (Å²) in [5.41, 5.74) is 5.74. The molecule has 0 aliphatic heterocycles. The Morgan fingerprint density at radius 1 is 0.444 bits per heavy atom. The maximum absolute atomic E-state index is 13.6. The number of ketones is 2. The van der Waals surface area contributed by atoms with E-state index in [4.69, 9.17) is 0 Å². The molecule has 0 aliphatic rings. The van der Waals surface area contributed by atoms with Crippen molar-refractivity contribution < 1.29 is 9.59 Å². The van der Waals surface area contributed by atoms with Crippen LogP contribution in [0.4, 0.5) is 0 Å². The number of hydrogen-bond donors (Lipinski definition) is 2. The van der Waals surface area contributed by atoms with Crippen LogP contribution in [0.2, 0.25) is 0 Å². The topological polar surface area (TPSA) is 65.7 Å². The standard InChI is InChI=1S/C32H20N2O2/c35-31(25-14-6-12-23-21-10-1-3-16-27(21)33-29(23)25)19-8-5-9-20(18-19)32(36)26-15-7-13-24-22-11-2-4-17-28(22)34-30(24)26/h1-18,33-34H. The summed E-state index contributed by atoms with van der Waals surface area (Å²) < 4.78 is 0. The van der Waals surface area contributed by atoms with Gasteiger partial charge in [-0.2, -0.15) is 0 Å². The zero-order chi connectivity index (χ0) is 24.2. The number of carbonyl (C=O) groups excluding carboxylic acids is 2. The van der Waals surface area contributed by atoms with Gasteiger partial charge in [0.1, 0.15) is 0 Å². The zero-order valence-corrected chi connectivity index (χ0v) is 19.2. The molecule has 36 heavy (non-hydrogen) atoms. The van der Waals surface area contributed by atoms with E-state index in [1.165, 1.54) is 0 Å². The molecule has 170 valence electrons. The zero-order valence-electron chi connectivity index (χ0n) is 19.2. The number of aromatic nitrogens is 2. The predicted molar refractivity (Wildman–Crippen MR) is 145 cm³/mol. The lowest BCUT2D eigenvalue weighted by Crippen LogP contribution is -2.07. The first-order valence-corrected chi connectivity index (χ1v) is 11.9. The van der Waals surface area contributed by atoms with Crippen molar-refractivity contribution >= 4 is 55.2 Å². The molecular formula is C32H20N2O2. The Labute approximate surface area is 206 Å². The molecule has 0 spiro atoms. The lowest BCUT2D eigenvalue weighted by Gasteiger charge is -2.07. The molecule has 0 radical (unpaired) electrons. The molecule has 0 saturated heterocycles. The Morgan fingerprint density at radius 2 is 0.861 bits per heavy atom. The predicted octanol–water partition coefficient (Wildman–Crippen LogP) is 7.42. The molecule has 2 aromatic heterocycles. The van der Waals surface area contributed by atoms with Crippen molar-refractivity contribution in [3.63, 3.8) is 0 Å². The van der Waals surface area contributed by atoms with Crippen molar-refractivity contribution in [1.29, 1.82) is 0 Å². The largest absolute Gasteiger partial charge is 0.354 e. The van der Waals surface area contributed by atoms with Crippen molar-refractivity contribution in [2.24, 2.45) is 0 Å². The summed E-state index contributed by atoms with van der Waals surface area (Å²) in [5, 5.41) is 4.18. The van der Waals surface area contributed by atoms with Gasteiger partial charge in [-0.3, -0.25) is 9.59 Å². The first-order valence-electron chi connectivity index (χ1n) is 11.9. The summed E-state index contributed by atoms with van der Waals surface area (Å²) in [6.45, 7) is 0. The van der Waals surface area contributed by atoms with Gasteiger partial charge in [0.2, 0.25) is 0 Å². The SMILES string of the molecule is O=C(c1cccc(C(=O)c2cccc3c2[nH]c2ccccc23)c1)c1cccc2c1[nH]c1ccccc12. The second kappa shape index (κ2) is 7.79. The molecule has 2 N–H and O–H groups in total. The van der Waals surface area contributed by atoms with Crippen LogP contribution in [0.1, 0.15) is 31.8 Å². The summed E-state index contributed by atoms with van der Waals surface area (Å²) in [6, 6.07) is 34.6. The Bertz CT molecular complexity index is 1850. The van der Waals surface area contributed by atoms with Gasteiger partial charge in [-0.05, 0) is 30.3 Å². The lowest BCUT2D eigenvalue weighted by atomic mass is 9.95. The van der Waals surface area contributed by atoms with Crippen molar-refractivity contribution in [3.05, 3.63) is 131 Å². The molecule has 7 rings (SSSR count). The molecule has 7 aromatic rings. The summed E-state index contributed by atoms with van der Waals surface area (Å²) in [5.74, 6) is -0.240. The monoisotopic (exact) mass is 464 g/mol. The van der Waals surface area contributed by atoms with Gasteiger partial charge in [0.25, 0.3) is 0 Å². The van der Waals surface area contributed by atoms with Crippen LogP contribution in [0.25, 0.3) is 43.6 Å². The number of carbonyl (C=O) groups is 2. The molecule has 0 amide bonds. The highest BCUT2D eigenvalue weighted by atomic mass is 16.1. The van der Waals surface area contributed by atoms with Gasteiger partial charge in [-0.15, -0.1) is 0 Å². The van der Waals surface area contributed by atoms with Crippen molar-refractivity contribution in [3.8, 4) is 0 Å². The summed E-state index contributed by atoms with van der Waals surface area (Å²) in [4.78, 5) is 34.1. The van der Waals surface area contributed by atoms with Gasteiger partial charge >= 0.3 is 0 Å². The van der Waals surface area contributed by atoms with Gasteiger partial charge in [0.05, 0.1) is 11.0 Å². The van der Waals surface area contributed by atoms with E-state index in [1.54, 1.807) is 24.3 Å². The van der Waals surface area contributed by atoms with E-state index in [-0.39, 0.29) is 11.6 Å². The second-order valence-corrected chi connectivity index (χ2v) is 9.04. The smallest absolute Gasteiger partial charge is 0.195 e. The summed E-state index contributed by atoms with van der Waals surface area (Å²) >= 11 is 0. The van der Waals surface area contributed by atoms with Crippen LogP contribution in [0.5, 0.6) is 0 Å². The van der Waals surface area contributed by atoms with E-state index in [0.717, 1.165) is 43.6 Å². The minimum absolute atomic E-state index is 0.120. The molecule has 2 heterocycles. The van der Waals surface area contributed by atoms with Gasteiger partial charge in [-0.25, -0.2) is 0 Å². The van der Waals surface area contributed by atoms with E-state index in [2.05, 4.69) is 9.97 Å².